The third-order valence-electron chi connectivity index (χ3n) is 5.45. The minimum atomic E-state index is -2.71. The van der Waals surface area contributed by atoms with E-state index in [1.165, 1.54) is 10.5 Å². The summed E-state index contributed by atoms with van der Waals surface area (Å²) in [7, 11) is 0. The van der Waals surface area contributed by atoms with Crippen LogP contribution in [0.5, 0.6) is 0 Å². The average Bonchev–Trinajstić information content (AvgIpc) is 3.01. The van der Waals surface area contributed by atoms with Crippen molar-refractivity contribution in [1.29, 1.82) is 0 Å². The first-order valence-corrected chi connectivity index (χ1v) is 8.30. The van der Waals surface area contributed by atoms with Gasteiger partial charge < -0.3 is 9.64 Å². The molecule has 0 N–H and O–H groups in total. The molecular formula is C17H21F2N3O2. The molecule has 4 rings (SSSR count). The molecule has 3 saturated heterocycles. The van der Waals surface area contributed by atoms with E-state index >= 15 is 0 Å². The number of aromatic nitrogens is 1. The molecular weight excluding hydrogens is 316 g/mol. The van der Waals surface area contributed by atoms with Gasteiger partial charge in [-0.05, 0) is 17.7 Å². The summed E-state index contributed by atoms with van der Waals surface area (Å²) in [5.41, 5.74) is 0.962. The summed E-state index contributed by atoms with van der Waals surface area (Å²) in [6, 6.07) is 3.98. The van der Waals surface area contributed by atoms with E-state index in [-0.39, 0.29) is 11.3 Å². The fourth-order valence-corrected chi connectivity index (χ4v) is 4.16. The van der Waals surface area contributed by atoms with E-state index in [2.05, 4.69) is 9.88 Å². The highest BCUT2D eigenvalue weighted by atomic mass is 19.3. The number of fused-ring (bicyclic) bond motifs is 1. The lowest BCUT2D eigenvalue weighted by Crippen LogP contribution is -2.59. The maximum absolute atomic E-state index is 13.0. The maximum atomic E-state index is 13.0. The number of rotatable bonds is 4. The Labute approximate surface area is 139 Å². The Bertz CT molecular complexity index is 620. The Morgan fingerprint density at radius 2 is 2.04 bits per heavy atom. The monoisotopic (exact) mass is 337 g/mol. The molecule has 0 saturated carbocycles. The van der Waals surface area contributed by atoms with Crippen molar-refractivity contribution in [3.8, 4) is 0 Å². The summed E-state index contributed by atoms with van der Waals surface area (Å²) in [6.07, 6.45) is 3.86. The van der Waals surface area contributed by atoms with Crippen molar-refractivity contribution >= 4 is 5.91 Å². The molecule has 7 heteroatoms. The summed E-state index contributed by atoms with van der Waals surface area (Å²) >= 11 is 0. The van der Waals surface area contributed by atoms with E-state index in [1.807, 2.05) is 12.1 Å². The molecule has 130 valence electrons. The van der Waals surface area contributed by atoms with Gasteiger partial charge in [0.05, 0.1) is 26.3 Å². The van der Waals surface area contributed by atoms with Gasteiger partial charge in [-0.25, -0.2) is 8.78 Å². The number of carbonyl (C=O) groups is 1. The van der Waals surface area contributed by atoms with Crippen LogP contribution in [0, 0.1) is 11.3 Å². The van der Waals surface area contributed by atoms with Gasteiger partial charge in [-0.15, -0.1) is 0 Å². The molecule has 1 amide bonds. The predicted molar refractivity (Wildman–Crippen MR) is 82.4 cm³/mol. The van der Waals surface area contributed by atoms with Crippen LogP contribution >= 0.6 is 0 Å². The van der Waals surface area contributed by atoms with Gasteiger partial charge in [0.25, 0.3) is 5.92 Å². The molecule has 3 aliphatic rings. The van der Waals surface area contributed by atoms with Crippen LogP contribution in [0.3, 0.4) is 0 Å². The molecule has 3 fully saturated rings. The van der Waals surface area contributed by atoms with Crippen LogP contribution in [-0.2, 0) is 16.1 Å². The number of pyridine rings is 1. The van der Waals surface area contributed by atoms with Crippen LogP contribution < -0.4 is 0 Å². The maximum Gasteiger partial charge on any atom is 0.282 e. The van der Waals surface area contributed by atoms with Gasteiger partial charge in [0.15, 0.2) is 0 Å². The van der Waals surface area contributed by atoms with Gasteiger partial charge in [0.1, 0.15) is 0 Å². The first kappa shape index (κ1) is 15.9. The number of hydrogen-bond donors (Lipinski definition) is 0. The third-order valence-corrected chi connectivity index (χ3v) is 5.45. The summed E-state index contributed by atoms with van der Waals surface area (Å²) in [5.74, 6) is -2.57. The van der Waals surface area contributed by atoms with E-state index in [0.717, 1.165) is 19.6 Å². The van der Waals surface area contributed by atoms with Crippen molar-refractivity contribution in [3.05, 3.63) is 30.1 Å². The van der Waals surface area contributed by atoms with Crippen molar-refractivity contribution in [2.24, 2.45) is 11.3 Å². The zero-order valence-corrected chi connectivity index (χ0v) is 13.5. The topological polar surface area (TPSA) is 45.7 Å². The highest BCUT2D eigenvalue weighted by molar-refractivity contribution is 5.78. The molecule has 0 aromatic carbocycles. The highest BCUT2D eigenvalue weighted by Gasteiger charge is 2.54. The highest BCUT2D eigenvalue weighted by Crippen LogP contribution is 2.45. The van der Waals surface area contributed by atoms with Gasteiger partial charge in [-0.2, -0.15) is 0 Å². The minimum Gasteiger partial charge on any atom is -0.380 e. The molecule has 1 aromatic rings. The first-order valence-electron chi connectivity index (χ1n) is 8.30. The lowest BCUT2D eigenvalue weighted by Gasteiger charge is -2.40. The standard InChI is InChI=1S/C17H21F2N3O2/c18-17(19)10-22(11-17)15(23)5-16-9-21(7-14(16)8-24-12-16)6-13-1-3-20-4-2-13/h1-4,14H,5-12H2/t14-,16+/m0/s1. The van der Waals surface area contributed by atoms with E-state index in [4.69, 9.17) is 4.74 Å². The minimum absolute atomic E-state index is 0.165. The van der Waals surface area contributed by atoms with Crippen molar-refractivity contribution < 1.29 is 18.3 Å². The third kappa shape index (κ3) is 2.91. The molecule has 0 aliphatic carbocycles. The Balaban J connectivity index is 1.40. The van der Waals surface area contributed by atoms with Crippen LogP contribution in [0.2, 0.25) is 0 Å². The van der Waals surface area contributed by atoms with Crippen LogP contribution in [0.1, 0.15) is 12.0 Å². The second-order valence-electron chi connectivity index (χ2n) is 7.38. The normalized spacial score (nSPS) is 31.8. The molecule has 0 bridgehead atoms. The summed E-state index contributed by atoms with van der Waals surface area (Å²) in [6.45, 7) is 2.79. The molecule has 5 nitrogen and oxygen atoms in total. The predicted octanol–water partition coefficient (Wildman–Crippen LogP) is 1.40. The van der Waals surface area contributed by atoms with Crippen molar-refractivity contribution in [2.45, 2.75) is 18.9 Å². The average molecular weight is 337 g/mol. The summed E-state index contributed by atoms with van der Waals surface area (Å²) in [5, 5.41) is 0. The quantitative estimate of drug-likeness (QED) is 0.833. The number of likely N-dealkylation sites (tertiary alicyclic amines) is 2. The largest absolute Gasteiger partial charge is 0.380 e. The number of nitrogens with zero attached hydrogens (tertiary/aromatic N) is 3. The Morgan fingerprint density at radius 3 is 2.75 bits per heavy atom. The van der Waals surface area contributed by atoms with Crippen LogP contribution in [0.25, 0.3) is 0 Å². The van der Waals surface area contributed by atoms with Gasteiger partial charge in [0.2, 0.25) is 5.91 Å². The second kappa shape index (κ2) is 5.74. The molecule has 1 aromatic heterocycles. The van der Waals surface area contributed by atoms with Crippen molar-refractivity contribution in [3.63, 3.8) is 0 Å². The van der Waals surface area contributed by atoms with E-state index in [0.29, 0.717) is 25.6 Å². The Kier molecular flexibility index (Phi) is 3.80. The SMILES string of the molecule is O=C(C[C@@]12COC[C@@H]1CN(Cc1ccncc1)C2)N1CC(F)(F)C1. The molecule has 0 spiro atoms. The van der Waals surface area contributed by atoms with Gasteiger partial charge in [-0.3, -0.25) is 14.7 Å². The number of ether oxygens (including phenoxy) is 1. The smallest absolute Gasteiger partial charge is 0.282 e. The zero-order chi connectivity index (χ0) is 16.8. The summed E-state index contributed by atoms with van der Waals surface area (Å²) < 4.78 is 31.6. The fourth-order valence-electron chi connectivity index (χ4n) is 4.16. The number of alkyl halides is 2. The second-order valence-corrected chi connectivity index (χ2v) is 7.38. The molecule has 0 radical (unpaired) electrons. The number of halogens is 2. The van der Waals surface area contributed by atoms with Crippen LogP contribution in [0.15, 0.2) is 24.5 Å². The lowest BCUT2D eigenvalue weighted by molar-refractivity contribution is -0.168. The molecule has 3 aliphatic heterocycles. The molecule has 2 atom stereocenters. The van der Waals surface area contributed by atoms with E-state index < -0.39 is 19.0 Å². The van der Waals surface area contributed by atoms with Gasteiger partial charge in [-0.1, -0.05) is 0 Å². The Hall–Kier alpha value is -1.60. The Morgan fingerprint density at radius 1 is 1.29 bits per heavy atom. The van der Waals surface area contributed by atoms with E-state index in [9.17, 15) is 13.6 Å². The van der Waals surface area contributed by atoms with Crippen molar-refractivity contribution in [1.82, 2.24) is 14.8 Å². The number of carbonyl (C=O) groups excluding carboxylic acids is 1. The van der Waals surface area contributed by atoms with Crippen LogP contribution in [0.4, 0.5) is 8.78 Å². The van der Waals surface area contributed by atoms with Crippen molar-refractivity contribution in [2.75, 3.05) is 39.4 Å². The van der Waals surface area contributed by atoms with Gasteiger partial charge >= 0.3 is 0 Å². The zero-order valence-electron chi connectivity index (χ0n) is 13.5. The summed E-state index contributed by atoms with van der Waals surface area (Å²) in [4.78, 5) is 20.0. The number of hydrogen-bond acceptors (Lipinski definition) is 4. The number of amides is 1. The molecule has 24 heavy (non-hydrogen) atoms. The molecule has 4 heterocycles. The lowest BCUT2D eigenvalue weighted by atomic mass is 9.77. The fraction of sp³-hybridized carbons (Fsp3) is 0.647. The van der Waals surface area contributed by atoms with E-state index in [1.54, 1.807) is 12.4 Å². The first-order chi connectivity index (χ1) is 11.5. The van der Waals surface area contributed by atoms with Crippen LogP contribution in [-0.4, -0.2) is 66.0 Å². The molecule has 0 unspecified atom stereocenters. The van der Waals surface area contributed by atoms with Gasteiger partial charge in [0, 0.05) is 49.8 Å².